The molecular formula is C9H12N2O3. The highest BCUT2D eigenvalue weighted by Crippen LogP contribution is 2.02. The second-order valence-electron chi connectivity index (χ2n) is 3.13. The molecule has 0 aliphatic heterocycles. The van der Waals surface area contributed by atoms with Gasteiger partial charge < -0.3 is 4.74 Å². The van der Waals surface area contributed by atoms with Crippen LogP contribution in [0.2, 0.25) is 0 Å². The number of nitrogens with zero attached hydrogens (tertiary/aromatic N) is 1. The molecule has 1 N–H and O–H groups in total. The van der Waals surface area contributed by atoms with E-state index < -0.39 is 5.97 Å². The van der Waals surface area contributed by atoms with Gasteiger partial charge in [0.15, 0.2) is 5.78 Å². The number of ketones is 1. The van der Waals surface area contributed by atoms with E-state index in [4.69, 9.17) is 4.74 Å². The van der Waals surface area contributed by atoms with Crippen LogP contribution in [0.4, 0.5) is 0 Å². The highest BCUT2D eigenvalue weighted by atomic mass is 16.5. The topological polar surface area (TPSA) is 72.1 Å². The SMILES string of the molecule is CC(C)OC(=O)CC(=O)c1cn[nH]c1. The predicted molar refractivity (Wildman–Crippen MR) is 48.8 cm³/mol. The smallest absolute Gasteiger partial charge is 0.313 e. The van der Waals surface area contributed by atoms with Crippen molar-refractivity contribution in [3.8, 4) is 0 Å². The number of hydrogen-bond donors (Lipinski definition) is 1. The number of aromatic nitrogens is 2. The Labute approximate surface area is 81.5 Å². The highest BCUT2D eigenvalue weighted by molar-refractivity contribution is 6.05. The molecule has 0 aliphatic rings. The van der Waals surface area contributed by atoms with Crippen LogP contribution >= 0.6 is 0 Å². The minimum atomic E-state index is -0.508. The van der Waals surface area contributed by atoms with Crippen molar-refractivity contribution in [2.24, 2.45) is 0 Å². The molecule has 0 atom stereocenters. The molecule has 14 heavy (non-hydrogen) atoms. The van der Waals surface area contributed by atoms with Crippen LogP contribution in [0.1, 0.15) is 30.6 Å². The summed E-state index contributed by atoms with van der Waals surface area (Å²) in [5.41, 5.74) is 0.394. The zero-order valence-corrected chi connectivity index (χ0v) is 8.11. The predicted octanol–water partition coefficient (Wildman–Crippen LogP) is 0.934. The zero-order chi connectivity index (χ0) is 10.6. The summed E-state index contributed by atoms with van der Waals surface area (Å²) in [5.74, 6) is -0.796. The molecule has 0 saturated carbocycles. The summed E-state index contributed by atoms with van der Waals surface area (Å²) in [4.78, 5) is 22.4. The van der Waals surface area contributed by atoms with Crippen molar-refractivity contribution in [1.82, 2.24) is 10.2 Å². The normalized spacial score (nSPS) is 10.2. The van der Waals surface area contributed by atoms with Crippen LogP contribution in [-0.4, -0.2) is 28.1 Å². The second-order valence-corrected chi connectivity index (χ2v) is 3.13. The summed E-state index contributed by atoms with van der Waals surface area (Å²) >= 11 is 0. The minimum Gasteiger partial charge on any atom is -0.463 e. The molecule has 5 nitrogen and oxygen atoms in total. The van der Waals surface area contributed by atoms with Gasteiger partial charge >= 0.3 is 5.97 Å². The first-order valence-corrected chi connectivity index (χ1v) is 4.31. The maximum Gasteiger partial charge on any atom is 0.313 e. The van der Waals surface area contributed by atoms with Gasteiger partial charge in [-0.05, 0) is 13.8 Å². The summed E-state index contributed by atoms with van der Waals surface area (Å²) in [6, 6.07) is 0. The average molecular weight is 196 g/mol. The molecule has 1 heterocycles. The second kappa shape index (κ2) is 4.55. The summed E-state index contributed by atoms with van der Waals surface area (Å²) in [6.45, 7) is 3.47. The molecule has 0 aliphatic carbocycles. The number of nitrogens with one attached hydrogen (secondary N) is 1. The van der Waals surface area contributed by atoms with Gasteiger partial charge in [0.1, 0.15) is 6.42 Å². The third kappa shape index (κ3) is 3.01. The Morgan fingerprint density at radius 1 is 1.57 bits per heavy atom. The number of hydrogen-bond acceptors (Lipinski definition) is 4. The number of H-pyrrole nitrogens is 1. The van der Waals surface area contributed by atoms with Gasteiger partial charge in [-0.15, -0.1) is 0 Å². The first-order valence-electron chi connectivity index (χ1n) is 4.31. The number of aromatic amines is 1. The molecule has 1 rings (SSSR count). The lowest BCUT2D eigenvalue weighted by molar-refractivity contribution is -0.146. The van der Waals surface area contributed by atoms with Gasteiger partial charge in [0.25, 0.3) is 0 Å². The van der Waals surface area contributed by atoms with Gasteiger partial charge in [0.05, 0.1) is 17.9 Å². The molecule has 0 amide bonds. The molecule has 0 saturated heterocycles. The fraction of sp³-hybridized carbons (Fsp3) is 0.444. The molecule has 5 heteroatoms. The van der Waals surface area contributed by atoms with E-state index >= 15 is 0 Å². The van der Waals surface area contributed by atoms with E-state index in [9.17, 15) is 9.59 Å². The summed E-state index contributed by atoms with van der Waals surface area (Å²) in [5, 5.41) is 6.12. The summed E-state index contributed by atoms with van der Waals surface area (Å²) in [6.07, 6.45) is 2.40. The lowest BCUT2D eigenvalue weighted by Gasteiger charge is -2.06. The van der Waals surface area contributed by atoms with Crippen molar-refractivity contribution in [3.63, 3.8) is 0 Å². The molecule has 76 valence electrons. The Balaban J connectivity index is 2.46. The first-order chi connectivity index (χ1) is 6.59. The molecule has 1 aromatic heterocycles. The maximum atomic E-state index is 11.3. The Morgan fingerprint density at radius 2 is 2.29 bits per heavy atom. The summed E-state index contributed by atoms with van der Waals surface area (Å²) in [7, 11) is 0. The summed E-state index contributed by atoms with van der Waals surface area (Å²) < 4.78 is 4.83. The third-order valence-corrected chi connectivity index (χ3v) is 1.49. The molecule has 0 radical (unpaired) electrons. The lowest BCUT2D eigenvalue weighted by Crippen LogP contribution is -2.15. The number of ether oxygens (including phenoxy) is 1. The fourth-order valence-corrected chi connectivity index (χ4v) is 0.941. The van der Waals surface area contributed by atoms with E-state index in [2.05, 4.69) is 10.2 Å². The Hall–Kier alpha value is -1.65. The van der Waals surface area contributed by atoms with E-state index in [-0.39, 0.29) is 18.3 Å². The maximum absolute atomic E-state index is 11.3. The van der Waals surface area contributed by atoms with Crippen LogP contribution in [0.15, 0.2) is 12.4 Å². The van der Waals surface area contributed by atoms with Gasteiger partial charge in [0, 0.05) is 6.20 Å². The van der Waals surface area contributed by atoms with Crippen LogP contribution < -0.4 is 0 Å². The van der Waals surface area contributed by atoms with Gasteiger partial charge in [-0.1, -0.05) is 0 Å². The van der Waals surface area contributed by atoms with E-state index in [1.807, 2.05) is 0 Å². The van der Waals surface area contributed by atoms with E-state index in [0.717, 1.165) is 0 Å². The van der Waals surface area contributed by atoms with E-state index in [0.29, 0.717) is 5.56 Å². The van der Waals surface area contributed by atoms with Crippen molar-refractivity contribution in [2.75, 3.05) is 0 Å². The van der Waals surface area contributed by atoms with Crippen LogP contribution in [0, 0.1) is 0 Å². The number of Topliss-reactive ketones (excluding diaryl/α,β-unsaturated/α-hetero) is 1. The van der Waals surface area contributed by atoms with E-state index in [1.165, 1.54) is 12.4 Å². The highest BCUT2D eigenvalue weighted by Gasteiger charge is 2.14. The molecule has 0 aromatic carbocycles. The zero-order valence-electron chi connectivity index (χ0n) is 8.11. The molecule has 1 aromatic rings. The largest absolute Gasteiger partial charge is 0.463 e. The minimum absolute atomic E-state index is 0.195. The van der Waals surface area contributed by atoms with Crippen molar-refractivity contribution in [2.45, 2.75) is 26.4 Å². The fourth-order valence-electron chi connectivity index (χ4n) is 0.941. The quantitative estimate of drug-likeness (QED) is 0.442. The van der Waals surface area contributed by atoms with Gasteiger partial charge in [-0.25, -0.2) is 0 Å². The number of rotatable bonds is 4. The van der Waals surface area contributed by atoms with Crippen molar-refractivity contribution in [3.05, 3.63) is 18.0 Å². The third-order valence-electron chi connectivity index (χ3n) is 1.49. The van der Waals surface area contributed by atoms with Crippen LogP contribution in [0.5, 0.6) is 0 Å². The van der Waals surface area contributed by atoms with Crippen molar-refractivity contribution in [1.29, 1.82) is 0 Å². The first kappa shape index (κ1) is 10.4. The van der Waals surface area contributed by atoms with Gasteiger partial charge in [-0.3, -0.25) is 14.7 Å². The molecule has 0 bridgehead atoms. The molecule has 0 spiro atoms. The van der Waals surface area contributed by atoms with Gasteiger partial charge in [-0.2, -0.15) is 5.10 Å². The van der Waals surface area contributed by atoms with Crippen molar-refractivity contribution >= 4 is 11.8 Å². The van der Waals surface area contributed by atoms with Crippen LogP contribution in [-0.2, 0) is 9.53 Å². The van der Waals surface area contributed by atoms with E-state index in [1.54, 1.807) is 13.8 Å². The Bertz CT molecular complexity index is 317. The molecule has 0 fully saturated rings. The van der Waals surface area contributed by atoms with Crippen LogP contribution in [0.3, 0.4) is 0 Å². The van der Waals surface area contributed by atoms with Gasteiger partial charge in [0.2, 0.25) is 0 Å². The number of carbonyl (C=O) groups excluding carboxylic acids is 2. The average Bonchev–Trinajstić information content (AvgIpc) is 2.53. The van der Waals surface area contributed by atoms with Crippen LogP contribution in [0.25, 0.3) is 0 Å². The Morgan fingerprint density at radius 3 is 2.79 bits per heavy atom. The lowest BCUT2D eigenvalue weighted by atomic mass is 10.2. The molecule has 0 unspecified atom stereocenters. The van der Waals surface area contributed by atoms with Crippen molar-refractivity contribution < 1.29 is 14.3 Å². The monoisotopic (exact) mass is 196 g/mol. The number of carbonyl (C=O) groups is 2. The Kier molecular flexibility index (Phi) is 3.39. The molecular weight excluding hydrogens is 184 g/mol. The number of esters is 1. The standard InChI is InChI=1S/C9H12N2O3/c1-6(2)14-9(13)3-8(12)7-4-10-11-5-7/h4-6H,3H2,1-2H3,(H,10,11).